The number of hydrogen-bond donors (Lipinski definition) is 0. The van der Waals surface area contributed by atoms with E-state index in [9.17, 15) is 9.59 Å². The van der Waals surface area contributed by atoms with E-state index < -0.39 is 0 Å². The van der Waals surface area contributed by atoms with Crippen molar-refractivity contribution in [2.75, 3.05) is 7.11 Å². The molecule has 0 aliphatic heterocycles. The lowest BCUT2D eigenvalue weighted by atomic mass is 10.1. The predicted molar refractivity (Wildman–Crippen MR) is 132 cm³/mol. The van der Waals surface area contributed by atoms with Crippen molar-refractivity contribution in [1.82, 2.24) is 13.7 Å². The third-order valence-corrected chi connectivity index (χ3v) is 6.30. The molecule has 166 valence electrons. The highest BCUT2D eigenvalue weighted by molar-refractivity contribution is 6.06. The third-order valence-electron chi connectivity index (χ3n) is 6.30. The molecule has 0 spiro atoms. The van der Waals surface area contributed by atoms with Crippen molar-refractivity contribution in [2.45, 2.75) is 20.4 Å². The van der Waals surface area contributed by atoms with E-state index in [4.69, 9.17) is 4.74 Å². The first-order valence-electron chi connectivity index (χ1n) is 10.8. The normalized spacial score (nSPS) is 11.4. The number of nitrogens with zero attached hydrogens (tertiary/aromatic N) is 3. The lowest BCUT2D eigenvalue weighted by Crippen LogP contribution is -2.39. The Bertz CT molecular complexity index is 1640. The van der Waals surface area contributed by atoms with Crippen LogP contribution >= 0.6 is 0 Å². The monoisotopic (exact) mass is 439 g/mol. The van der Waals surface area contributed by atoms with Crippen molar-refractivity contribution >= 4 is 21.9 Å². The number of ether oxygens (including phenoxy) is 1. The molecule has 0 aliphatic carbocycles. The van der Waals surface area contributed by atoms with Gasteiger partial charge < -0.3 is 9.30 Å². The van der Waals surface area contributed by atoms with Crippen molar-refractivity contribution in [2.24, 2.45) is 7.05 Å². The fraction of sp³-hybridized carbons (Fsp3) is 0.185. The van der Waals surface area contributed by atoms with Gasteiger partial charge in [-0.1, -0.05) is 48.0 Å². The molecule has 6 heteroatoms. The summed E-state index contributed by atoms with van der Waals surface area (Å²) in [5, 5.41) is 0.810. The molecule has 0 amide bonds. The fourth-order valence-corrected chi connectivity index (χ4v) is 4.51. The van der Waals surface area contributed by atoms with Crippen LogP contribution in [-0.4, -0.2) is 20.8 Å². The number of fused-ring (bicyclic) bond motifs is 3. The van der Waals surface area contributed by atoms with Gasteiger partial charge in [-0.25, -0.2) is 9.36 Å². The van der Waals surface area contributed by atoms with E-state index in [2.05, 4.69) is 0 Å². The van der Waals surface area contributed by atoms with Crippen LogP contribution < -0.4 is 16.0 Å². The fourth-order valence-electron chi connectivity index (χ4n) is 4.51. The molecule has 5 rings (SSSR count). The summed E-state index contributed by atoms with van der Waals surface area (Å²) >= 11 is 0. The molecule has 6 nitrogen and oxygen atoms in total. The summed E-state index contributed by atoms with van der Waals surface area (Å²) in [4.78, 5) is 27.7. The molecule has 0 saturated carbocycles. The molecule has 3 aromatic carbocycles. The van der Waals surface area contributed by atoms with E-state index >= 15 is 0 Å². The van der Waals surface area contributed by atoms with Crippen LogP contribution in [0.4, 0.5) is 0 Å². The van der Waals surface area contributed by atoms with Crippen molar-refractivity contribution in [3.05, 3.63) is 104 Å². The number of aryl methyl sites for hydroxylation is 3. The second-order valence-corrected chi connectivity index (χ2v) is 8.42. The quantitative estimate of drug-likeness (QED) is 0.419. The van der Waals surface area contributed by atoms with Gasteiger partial charge in [-0.05, 0) is 49.2 Å². The van der Waals surface area contributed by atoms with Gasteiger partial charge in [-0.15, -0.1) is 0 Å². The minimum Gasteiger partial charge on any atom is -0.497 e. The Hall–Kier alpha value is -4.06. The minimum atomic E-state index is -0.363. The average Bonchev–Trinajstić information content (AvgIpc) is 3.11. The van der Waals surface area contributed by atoms with Crippen molar-refractivity contribution in [1.29, 1.82) is 0 Å². The van der Waals surface area contributed by atoms with Crippen molar-refractivity contribution in [3.63, 3.8) is 0 Å². The van der Waals surface area contributed by atoms with E-state index in [0.29, 0.717) is 29.0 Å². The molecule has 0 aliphatic rings. The zero-order valence-corrected chi connectivity index (χ0v) is 19.1. The Morgan fingerprint density at radius 3 is 2.30 bits per heavy atom. The molecule has 0 saturated heterocycles. The average molecular weight is 440 g/mol. The first kappa shape index (κ1) is 20.8. The molecular weight excluding hydrogens is 414 g/mol. The largest absolute Gasteiger partial charge is 0.497 e. The summed E-state index contributed by atoms with van der Waals surface area (Å²) in [5.74, 6) is 0.674. The van der Waals surface area contributed by atoms with Crippen LogP contribution in [0.25, 0.3) is 27.6 Å². The topological polar surface area (TPSA) is 58.2 Å². The van der Waals surface area contributed by atoms with E-state index in [-0.39, 0.29) is 11.2 Å². The molecule has 0 atom stereocenters. The van der Waals surface area contributed by atoms with Crippen LogP contribution in [0.2, 0.25) is 0 Å². The Morgan fingerprint density at radius 1 is 0.879 bits per heavy atom. The molecular formula is C27H25N3O3. The van der Waals surface area contributed by atoms with Crippen LogP contribution in [0.15, 0.2) is 76.3 Å². The molecule has 0 fully saturated rings. The Morgan fingerprint density at radius 2 is 1.61 bits per heavy atom. The first-order valence-corrected chi connectivity index (χ1v) is 10.8. The summed E-state index contributed by atoms with van der Waals surface area (Å²) in [6, 6.07) is 21.2. The number of para-hydroxylation sites is 1. The van der Waals surface area contributed by atoms with Gasteiger partial charge in [0.1, 0.15) is 11.3 Å². The standard InChI is InChI=1S/C27H25N3O3/c1-17-9-11-19(12-10-17)16-29-24-21-15-20(33-4)13-14-23(21)28(3)25(24)26(31)30(27(29)32)22-8-6-5-7-18(22)2/h5-15H,16H2,1-4H3. The summed E-state index contributed by atoms with van der Waals surface area (Å²) < 4.78 is 10.3. The summed E-state index contributed by atoms with van der Waals surface area (Å²) in [5.41, 5.74) is 4.85. The summed E-state index contributed by atoms with van der Waals surface area (Å²) in [6.45, 7) is 4.28. The van der Waals surface area contributed by atoms with Crippen LogP contribution in [0.5, 0.6) is 5.75 Å². The third kappa shape index (κ3) is 3.26. The van der Waals surface area contributed by atoms with E-state index in [0.717, 1.165) is 27.6 Å². The second-order valence-electron chi connectivity index (χ2n) is 8.42. The smallest absolute Gasteiger partial charge is 0.336 e. The first-order chi connectivity index (χ1) is 15.9. The highest BCUT2D eigenvalue weighted by Gasteiger charge is 2.22. The van der Waals surface area contributed by atoms with Gasteiger partial charge in [0, 0.05) is 12.4 Å². The number of methoxy groups -OCH3 is 1. The van der Waals surface area contributed by atoms with Gasteiger partial charge in [0.05, 0.1) is 30.4 Å². The highest BCUT2D eigenvalue weighted by Crippen LogP contribution is 2.29. The van der Waals surface area contributed by atoms with Gasteiger partial charge in [0.2, 0.25) is 0 Å². The zero-order valence-electron chi connectivity index (χ0n) is 19.1. The molecule has 0 radical (unpaired) electrons. The Balaban J connectivity index is 1.95. The molecule has 0 N–H and O–H groups in total. The molecule has 5 aromatic rings. The van der Waals surface area contributed by atoms with Gasteiger partial charge >= 0.3 is 5.69 Å². The molecule has 33 heavy (non-hydrogen) atoms. The van der Waals surface area contributed by atoms with E-state index in [1.807, 2.05) is 92.2 Å². The van der Waals surface area contributed by atoms with E-state index in [1.165, 1.54) is 4.57 Å². The van der Waals surface area contributed by atoms with Crippen LogP contribution in [0.3, 0.4) is 0 Å². The van der Waals surface area contributed by atoms with Gasteiger partial charge in [0.25, 0.3) is 5.56 Å². The summed E-state index contributed by atoms with van der Waals surface area (Å²) in [7, 11) is 3.47. The van der Waals surface area contributed by atoms with Gasteiger partial charge in [-0.2, -0.15) is 0 Å². The Labute approximate surface area is 190 Å². The van der Waals surface area contributed by atoms with Crippen LogP contribution in [-0.2, 0) is 13.6 Å². The summed E-state index contributed by atoms with van der Waals surface area (Å²) in [6.07, 6.45) is 0. The molecule has 2 heterocycles. The SMILES string of the molecule is COc1ccc2c(c1)c1c(c(=O)n(-c3ccccc3C)c(=O)n1Cc1ccc(C)cc1)n2C. The highest BCUT2D eigenvalue weighted by atomic mass is 16.5. The van der Waals surface area contributed by atoms with Gasteiger partial charge in [-0.3, -0.25) is 9.36 Å². The number of hydrogen-bond acceptors (Lipinski definition) is 3. The lowest BCUT2D eigenvalue weighted by Gasteiger charge is -2.15. The zero-order chi connectivity index (χ0) is 23.3. The number of rotatable bonds is 4. The molecule has 0 unspecified atom stereocenters. The van der Waals surface area contributed by atoms with E-state index in [1.54, 1.807) is 11.7 Å². The van der Waals surface area contributed by atoms with Crippen molar-refractivity contribution in [3.8, 4) is 11.4 Å². The maximum absolute atomic E-state index is 13.9. The maximum atomic E-state index is 13.9. The minimum absolute atomic E-state index is 0.331. The number of aromatic nitrogens is 3. The second kappa shape index (κ2) is 7.81. The Kier molecular flexibility index (Phi) is 4.93. The van der Waals surface area contributed by atoms with Crippen molar-refractivity contribution < 1.29 is 4.74 Å². The maximum Gasteiger partial charge on any atom is 0.336 e. The predicted octanol–water partition coefficient (Wildman–Crippen LogP) is 4.32. The molecule has 2 aromatic heterocycles. The molecule has 0 bridgehead atoms. The number of benzene rings is 3. The van der Waals surface area contributed by atoms with Gasteiger partial charge in [0.15, 0.2) is 0 Å². The van der Waals surface area contributed by atoms with Crippen LogP contribution in [0.1, 0.15) is 16.7 Å². The van der Waals surface area contributed by atoms with Crippen LogP contribution in [0, 0.1) is 13.8 Å². The lowest BCUT2D eigenvalue weighted by molar-refractivity contribution is 0.415.